The molecule has 0 aliphatic heterocycles. The van der Waals surface area contributed by atoms with Gasteiger partial charge in [-0.3, -0.25) is 0 Å². The number of thioether (sulfide) groups is 1. The number of carbonyl (C=O) groups is 1. The average Bonchev–Trinajstić information content (AvgIpc) is 2.38. The Kier molecular flexibility index (Phi) is 4.97. The standard InChI is InChI=1S/C16H23NO2S/c1-3-16(9-6-10-16)11-17-12-7-5-8-13(20-4-2)14(12)15(18)19/h5,7-8,17H,3-4,6,9-11H2,1-2H3,(H,18,19). The van der Waals surface area contributed by atoms with Crippen LogP contribution >= 0.6 is 11.8 Å². The monoisotopic (exact) mass is 293 g/mol. The van der Waals surface area contributed by atoms with Gasteiger partial charge in [0.1, 0.15) is 0 Å². The Morgan fingerprint density at radius 2 is 2.15 bits per heavy atom. The van der Waals surface area contributed by atoms with E-state index < -0.39 is 5.97 Å². The van der Waals surface area contributed by atoms with Gasteiger partial charge >= 0.3 is 5.97 Å². The highest BCUT2D eigenvalue weighted by Gasteiger charge is 2.35. The van der Waals surface area contributed by atoms with Gasteiger partial charge in [0.15, 0.2) is 0 Å². The number of anilines is 1. The van der Waals surface area contributed by atoms with Crippen LogP contribution in [-0.4, -0.2) is 23.4 Å². The Morgan fingerprint density at radius 1 is 1.40 bits per heavy atom. The molecule has 0 unspecified atom stereocenters. The smallest absolute Gasteiger partial charge is 0.338 e. The summed E-state index contributed by atoms with van der Waals surface area (Å²) in [5.74, 6) is 0.0334. The van der Waals surface area contributed by atoms with Gasteiger partial charge in [-0.2, -0.15) is 0 Å². The Bertz CT molecular complexity index is 478. The van der Waals surface area contributed by atoms with E-state index in [9.17, 15) is 9.90 Å². The molecule has 2 rings (SSSR count). The lowest BCUT2D eigenvalue weighted by Gasteiger charge is -2.41. The third-order valence-electron chi connectivity index (χ3n) is 4.36. The number of hydrogen-bond donors (Lipinski definition) is 2. The number of nitrogens with one attached hydrogen (secondary N) is 1. The van der Waals surface area contributed by atoms with Gasteiger partial charge in [0.2, 0.25) is 0 Å². The Balaban J connectivity index is 2.18. The fourth-order valence-electron chi connectivity index (χ4n) is 2.79. The molecule has 0 atom stereocenters. The van der Waals surface area contributed by atoms with Crippen LogP contribution in [0.1, 0.15) is 49.9 Å². The summed E-state index contributed by atoms with van der Waals surface area (Å²) in [5, 5.41) is 12.9. The van der Waals surface area contributed by atoms with Crippen LogP contribution in [0.25, 0.3) is 0 Å². The van der Waals surface area contributed by atoms with Gasteiger partial charge in [-0.1, -0.05) is 26.3 Å². The summed E-state index contributed by atoms with van der Waals surface area (Å²) in [4.78, 5) is 12.4. The van der Waals surface area contributed by atoms with Crippen LogP contribution in [0.2, 0.25) is 0 Å². The van der Waals surface area contributed by atoms with E-state index in [0.29, 0.717) is 11.0 Å². The van der Waals surface area contributed by atoms with E-state index in [-0.39, 0.29) is 0 Å². The molecule has 4 heteroatoms. The van der Waals surface area contributed by atoms with Gasteiger partial charge in [-0.25, -0.2) is 4.79 Å². The number of hydrogen-bond acceptors (Lipinski definition) is 3. The lowest BCUT2D eigenvalue weighted by molar-refractivity contribution is 0.0694. The Labute approximate surface area is 125 Å². The molecule has 1 aromatic rings. The minimum absolute atomic E-state index is 0.379. The largest absolute Gasteiger partial charge is 0.478 e. The van der Waals surface area contributed by atoms with Crippen LogP contribution < -0.4 is 5.32 Å². The first kappa shape index (κ1) is 15.2. The van der Waals surface area contributed by atoms with E-state index in [0.717, 1.165) is 29.3 Å². The second-order valence-electron chi connectivity index (χ2n) is 5.48. The zero-order valence-corrected chi connectivity index (χ0v) is 13.1. The molecule has 20 heavy (non-hydrogen) atoms. The molecule has 0 spiro atoms. The van der Waals surface area contributed by atoms with Gasteiger partial charge in [0.05, 0.1) is 5.56 Å². The Morgan fingerprint density at radius 3 is 2.65 bits per heavy atom. The van der Waals surface area contributed by atoms with Crippen LogP contribution in [0.3, 0.4) is 0 Å². The molecule has 1 fully saturated rings. The van der Waals surface area contributed by atoms with Crippen LogP contribution in [0.4, 0.5) is 5.69 Å². The molecule has 1 aliphatic carbocycles. The van der Waals surface area contributed by atoms with Crippen molar-refractivity contribution < 1.29 is 9.90 Å². The zero-order valence-electron chi connectivity index (χ0n) is 12.2. The quantitative estimate of drug-likeness (QED) is 0.727. The second-order valence-corrected chi connectivity index (χ2v) is 6.78. The predicted molar refractivity (Wildman–Crippen MR) is 84.9 cm³/mol. The molecule has 2 N–H and O–H groups in total. The van der Waals surface area contributed by atoms with Crippen molar-refractivity contribution in [3.8, 4) is 0 Å². The highest BCUT2D eigenvalue weighted by molar-refractivity contribution is 7.99. The van der Waals surface area contributed by atoms with Crippen LogP contribution in [0, 0.1) is 5.41 Å². The van der Waals surface area contributed by atoms with E-state index in [2.05, 4.69) is 12.2 Å². The maximum atomic E-state index is 11.5. The highest BCUT2D eigenvalue weighted by Crippen LogP contribution is 2.44. The van der Waals surface area contributed by atoms with Crippen LogP contribution in [0.15, 0.2) is 23.1 Å². The van der Waals surface area contributed by atoms with Crippen LogP contribution in [-0.2, 0) is 0 Å². The van der Waals surface area contributed by atoms with Gasteiger partial charge in [-0.05, 0) is 42.6 Å². The van der Waals surface area contributed by atoms with Gasteiger partial charge in [-0.15, -0.1) is 11.8 Å². The van der Waals surface area contributed by atoms with E-state index in [4.69, 9.17) is 0 Å². The predicted octanol–water partition coefficient (Wildman–Crippen LogP) is 4.49. The molecule has 0 bridgehead atoms. The van der Waals surface area contributed by atoms with Gasteiger partial charge < -0.3 is 10.4 Å². The summed E-state index contributed by atoms with van der Waals surface area (Å²) in [5.41, 5.74) is 1.56. The van der Waals surface area contributed by atoms with E-state index in [1.54, 1.807) is 11.8 Å². The first-order valence-electron chi connectivity index (χ1n) is 7.35. The molecule has 1 aliphatic rings. The minimum atomic E-state index is -0.844. The van der Waals surface area contributed by atoms with Gasteiger partial charge in [0.25, 0.3) is 0 Å². The molecule has 3 nitrogen and oxygen atoms in total. The first-order chi connectivity index (χ1) is 9.62. The lowest BCUT2D eigenvalue weighted by Crippen LogP contribution is -2.36. The summed E-state index contributed by atoms with van der Waals surface area (Å²) in [6.07, 6.45) is 4.96. The van der Waals surface area contributed by atoms with Crippen molar-refractivity contribution in [1.82, 2.24) is 0 Å². The number of carboxylic acids is 1. The van der Waals surface area contributed by atoms with Crippen molar-refractivity contribution in [3.63, 3.8) is 0 Å². The molecular weight excluding hydrogens is 270 g/mol. The molecule has 1 aromatic carbocycles. The summed E-state index contributed by atoms with van der Waals surface area (Å²) in [6, 6.07) is 5.71. The van der Waals surface area contributed by atoms with Crippen molar-refractivity contribution in [2.75, 3.05) is 17.6 Å². The molecule has 110 valence electrons. The number of benzene rings is 1. The van der Waals surface area contributed by atoms with Crippen molar-refractivity contribution >= 4 is 23.4 Å². The summed E-state index contributed by atoms with van der Waals surface area (Å²) >= 11 is 1.58. The fraction of sp³-hybridized carbons (Fsp3) is 0.562. The van der Waals surface area contributed by atoms with E-state index in [1.165, 1.54) is 19.3 Å². The summed E-state index contributed by atoms with van der Waals surface area (Å²) in [7, 11) is 0. The SMILES string of the molecule is CCSc1cccc(NCC2(CC)CCC2)c1C(=O)O. The maximum Gasteiger partial charge on any atom is 0.338 e. The van der Waals surface area contributed by atoms with Crippen molar-refractivity contribution in [2.45, 2.75) is 44.4 Å². The molecule has 0 radical (unpaired) electrons. The normalized spacial score (nSPS) is 16.5. The lowest BCUT2D eigenvalue weighted by atomic mass is 9.67. The molecule has 0 amide bonds. The molecule has 1 saturated carbocycles. The molecule has 0 saturated heterocycles. The van der Waals surface area contributed by atoms with E-state index >= 15 is 0 Å². The second kappa shape index (κ2) is 6.53. The van der Waals surface area contributed by atoms with Crippen molar-refractivity contribution in [1.29, 1.82) is 0 Å². The number of aromatic carboxylic acids is 1. The van der Waals surface area contributed by atoms with Crippen LogP contribution in [0.5, 0.6) is 0 Å². The third kappa shape index (κ3) is 3.11. The summed E-state index contributed by atoms with van der Waals surface area (Å²) < 4.78 is 0. The number of rotatable bonds is 7. The third-order valence-corrected chi connectivity index (χ3v) is 5.30. The molecule has 0 aromatic heterocycles. The zero-order chi connectivity index (χ0) is 14.6. The average molecular weight is 293 g/mol. The minimum Gasteiger partial charge on any atom is -0.478 e. The molecule has 0 heterocycles. The van der Waals surface area contributed by atoms with E-state index in [1.807, 2.05) is 25.1 Å². The maximum absolute atomic E-state index is 11.5. The fourth-order valence-corrected chi connectivity index (χ4v) is 3.62. The topological polar surface area (TPSA) is 49.3 Å². The first-order valence-corrected chi connectivity index (χ1v) is 8.33. The summed E-state index contributed by atoms with van der Waals surface area (Å²) in [6.45, 7) is 5.14. The van der Waals surface area contributed by atoms with Gasteiger partial charge in [0, 0.05) is 17.1 Å². The Hall–Kier alpha value is -1.16. The number of carboxylic acid groups (broad SMARTS) is 1. The van der Waals surface area contributed by atoms with Crippen molar-refractivity contribution in [2.24, 2.45) is 5.41 Å². The highest BCUT2D eigenvalue weighted by atomic mass is 32.2. The van der Waals surface area contributed by atoms with Crippen molar-refractivity contribution in [3.05, 3.63) is 23.8 Å². The molecular formula is C16H23NO2S.